The summed E-state index contributed by atoms with van der Waals surface area (Å²) in [6.07, 6.45) is 3.87. The number of rotatable bonds is 5. The van der Waals surface area contributed by atoms with E-state index in [4.69, 9.17) is 4.74 Å². The molecule has 0 unspecified atom stereocenters. The van der Waals surface area contributed by atoms with Crippen molar-refractivity contribution in [3.8, 4) is 11.6 Å². The Bertz CT molecular complexity index is 850. The molecule has 0 radical (unpaired) electrons. The molecular weight excluding hydrogens is 368 g/mol. The van der Waals surface area contributed by atoms with Gasteiger partial charge in [0.1, 0.15) is 22.9 Å². The van der Waals surface area contributed by atoms with Crippen molar-refractivity contribution in [1.82, 2.24) is 15.6 Å². The van der Waals surface area contributed by atoms with Crippen LogP contribution in [0.3, 0.4) is 0 Å². The van der Waals surface area contributed by atoms with Crippen molar-refractivity contribution in [1.29, 1.82) is 0 Å². The number of carbonyl (C=O) groups is 2. The molecule has 6 nitrogen and oxygen atoms in total. The van der Waals surface area contributed by atoms with E-state index in [1.807, 2.05) is 0 Å². The lowest BCUT2D eigenvalue weighted by molar-refractivity contribution is -0.119. The summed E-state index contributed by atoms with van der Waals surface area (Å²) in [5.74, 6) is -1.42. The average Bonchev–Trinajstić information content (AvgIpc) is 2.66. The minimum Gasteiger partial charge on any atom is -0.438 e. The second kappa shape index (κ2) is 8.77. The van der Waals surface area contributed by atoms with Gasteiger partial charge in [0.2, 0.25) is 11.8 Å². The molecule has 1 fully saturated rings. The van der Waals surface area contributed by atoms with Gasteiger partial charge in [-0.15, -0.1) is 0 Å². The van der Waals surface area contributed by atoms with Crippen molar-refractivity contribution in [2.45, 2.75) is 44.7 Å². The van der Waals surface area contributed by atoms with Crippen molar-refractivity contribution < 1.29 is 23.1 Å². The van der Waals surface area contributed by atoms with Crippen LogP contribution in [0.1, 0.15) is 43.0 Å². The molecule has 1 aromatic heterocycles. The molecule has 0 bridgehead atoms. The van der Waals surface area contributed by atoms with Crippen LogP contribution in [-0.2, 0) is 4.79 Å². The summed E-state index contributed by atoms with van der Waals surface area (Å²) < 4.78 is 32.2. The number of benzene rings is 1. The maximum atomic E-state index is 13.7. The molecule has 1 aliphatic carbocycles. The molecule has 0 saturated heterocycles. The maximum absolute atomic E-state index is 13.7. The van der Waals surface area contributed by atoms with E-state index in [1.54, 1.807) is 0 Å². The Kier molecular flexibility index (Phi) is 6.18. The molecule has 0 spiro atoms. The highest BCUT2D eigenvalue weighted by Crippen LogP contribution is 2.25. The lowest BCUT2D eigenvalue weighted by Crippen LogP contribution is -2.43. The molecular formula is C20H21F2N3O3. The molecule has 1 saturated carbocycles. The highest BCUT2D eigenvalue weighted by atomic mass is 19.1. The van der Waals surface area contributed by atoms with Crippen LogP contribution in [0.4, 0.5) is 8.78 Å². The van der Waals surface area contributed by atoms with Crippen LogP contribution >= 0.6 is 0 Å². The van der Waals surface area contributed by atoms with Gasteiger partial charge < -0.3 is 15.4 Å². The summed E-state index contributed by atoms with van der Waals surface area (Å²) in [7, 11) is 0. The number of halogens is 2. The van der Waals surface area contributed by atoms with E-state index in [0.29, 0.717) is 12.8 Å². The second-order valence-electron chi connectivity index (χ2n) is 6.78. The summed E-state index contributed by atoms with van der Waals surface area (Å²) in [6.45, 7) is 1.48. The topological polar surface area (TPSA) is 80.3 Å². The third kappa shape index (κ3) is 5.25. The zero-order valence-electron chi connectivity index (χ0n) is 15.4. The summed E-state index contributed by atoms with van der Waals surface area (Å²) in [5.41, 5.74) is -0.0340. The fourth-order valence-corrected chi connectivity index (χ4v) is 3.22. The molecule has 3 rings (SSSR count). The zero-order valence-corrected chi connectivity index (χ0v) is 15.4. The smallest absolute Gasteiger partial charge is 0.257 e. The van der Waals surface area contributed by atoms with Gasteiger partial charge in [-0.25, -0.2) is 13.8 Å². The molecule has 2 aromatic rings. The highest BCUT2D eigenvalue weighted by Gasteiger charge is 2.25. The largest absolute Gasteiger partial charge is 0.438 e. The van der Waals surface area contributed by atoms with Gasteiger partial charge in [-0.05, 0) is 56.0 Å². The van der Waals surface area contributed by atoms with E-state index in [-0.39, 0.29) is 35.2 Å². The third-order valence-electron chi connectivity index (χ3n) is 4.56. The molecule has 0 atom stereocenters. The standard InChI is InChI=1S/C20H21F2N3O3/c1-12(26)24-15-4-6-16(7-5-15)25-19(27)18-10-14(22)11-23-20(18)28-17-8-2-13(21)3-9-17/h2-3,8-11,15-16H,4-7H2,1H3,(H,24,26)(H,25,27). The van der Waals surface area contributed by atoms with Gasteiger partial charge in [-0.1, -0.05) is 0 Å². The average molecular weight is 389 g/mol. The van der Waals surface area contributed by atoms with Crippen molar-refractivity contribution in [2.24, 2.45) is 0 Å². The number of carbonyl (C=O) groups excluding carboxylic acids is 2. The molecule has 1 aromatic carbocycles. The number of amides is 2. The van der Waals surface area contributed by atoms with Gasteiger partial charge in [0.25, 0.3) is 5.91 Å². The fourth-order valence-electron chi connectivity index (χ4n) is 3.22. The second-order valence-corrected chi connectivity index (χ2v) is 6.78. The maximum Gasteiger partial charge on any atom is 0.257 e. The van der Waals surface area contributed by atoms with Crippen molar-refractivity contribution >= 4 is 11.8 Å². The van der Waals surface area contributed by atoms with E-state index < -0.39 is 17.5 Å². The number of ether oxygens (including phenoxy) is 1. The number of pyridine rings is 1. The van der Waals surface area contributed by atoms with Gasteiger partial charge >= 0.3 is 0 Å². The minimum atomic E-state index is -0.661. The van der Waals surface area contributed by atoms with Crippen LogP contribution in [0.2, 0.25) is 0 Å². The summed E-state index contributed by atoms with van der Waals surface area (Å²) in [6, 6.07) is 6.30. The Morgan fingerprint density at radius 3 is 2.21 bits per heavy atom. The van der Waals surface area contributed by atoms with Crippen LogP contribution in [-0.4, -0.2) is 28.9 Å². The number of nitrogens with one attached hydrogen (secondary N) is 2. The molecule has 0 aliphatic heterocycles. The first-order chi connectivity index (χ1) is 13.4. The van der Waals surface area contributed by atoms with Crippen LogP contribution in [0.15, 0.2) is 36.5 Å². The summed E-state index contributed by atoms with van der Waals surface area (Å²) in [4.78, 5) is 27.7. The molecule has 2 amide bonds. The Hall–Kier alpha value is -3.03. The van der Waals surface area contributed by atoms with Crippen molar-refractivity contribution in [3.63, 3.8) is 0 Å². The highest BCUT2D eigenvalue weighted by molar-refractivity contribution is 5.96. The monoisotopic (exact) mass is 389 g/mol. The molecule has 1 aliphatic rings. The quantitative estimate of drug-likeness (QED) is 0.822. The van der Waals surface area contributed by atoms with E-state index in [2.05, 4.69) is 15.6 Å². The first-order valence-corrected chi connectivity index (χ1v) is 9.07. The van der Waals surface area contributed by atoms with Crippen LogP contribution < -0.4 is 15.4 Å². The van der Waals surface area contributed by atoms with E-state index >= 15 is 0 Å². The van der Waals surface area contributed by atoms with E-state index in [0.717, 1.165) is 25.1 Å². The van der Waals surface area contributed by atoms with Gasteiger partial charge in [0.15, 0.2) is 0 Å². The summed E-state index contributed by atoms with van der Waals surface area (Å²) >= 11 is 0. The number of aromatic nitrogens is 1. The van der Waals surface area contributed by atoms with Crippen LogP contribution in [0.25, 0.3) is 0 Å². The molecule has 1 heterocycles. The lowest BCUT2D eigenvalue weighted by atomic mass is 9.91. The lowest BCUT2D eigenvalue weighted by Gasteiger charge is -2.29. The number of nitrogens with zero attached hydrogens (tertiary/aromatic N) is 1. The normalized spacial score (nSPS) is 19.0. The van der Waals surface area contributed by atoms with Crippen molar-refractivity contribution in [3.05, 3.63) is 53.7 Å². The van der Waals surface area contributed by atoms with Gasteiger partial charge in [-0.3, -0.25) is 9.59 Å². The number of hydrogen-bond acceptors (Lipinski definition) is 4. The van der Waals surface area contributed by atoms with E-state index in [1.165, 1.54) is 31.2 Å². The van der Waals surface area contributed by atoms with E-state index in [9.17, 15) is 18.4 Å². The van der Waals surface area contributed by atoms with Crippen LogP contribution in [0.5, 0.6) is 11.6 Å². The van der Waals surface area contributed by atoms with Crippen molar-refractivity contribution in [2.75, 3.05) is 0 Å². The Balaban J connectivity index is 1.67. The zero-order chi connectivity index (χ0) is 20.1. The Morgan fingerprint density at radius 1 is 1.00 bits per heavy atom. The van der Waals surface area contributed by atoms with Gasteiger partial charge in [-0.2, -0.15) is 0 Å². The predicted molar refractivity (Wildman–Crippen MR) is 98.0 cm³/mol. The predicted octanol–water partition coefficient (Wildman–Crippen LogP) is 3.33. The van der Waals surface area contributed by atoms with Crippen LogP contribution in [0, 0.1) is 11.6 Å². The van der Waals surface area contributed by atoms with Gasteiger partial charge in [0, 0.05) is 19.0 Å². The number of hydrogen-bond donors (Lipinski definition) is 2. The fraction of sp³-hybridized carbons (Fsp3) is 0.350. The Labute approximate surface area is 161 Å². The molecule has 2 N–H and O–H groups in total. The van der Waals surface area contributed by atoms with Gasteiger partial charge in [0.05, 0.1) is 6.20 Å². The molecule has 148 valence electrons. The molecule has 28 heavy (non-hydrogen) atoms. The summed E-state index contributed by atoms with van der Waals surface area (Å²) in [5, 5.41) is 5.75. The Morgan fingerprint density at radius 2 is 1.61 bits per heavy atom. The first-order valence-electron chi connectivity index (χ1n) is 9.07. The SMILES string of the molecule is CC(=O)NC1CCC(NC(=O)c2cc(F)cnc2Oc2ccc(F)cc2)CC1. The first kappa shape index (κ1) is 19.7. The minimum absolute atomic E-state index is 0.0340. The third-order valence-corrected chi connectivity index (χ3v) is 4.56. The molecule has 8 heteroatoms.